The zero-order valence-electron chi connectivity index (χ0n) is 29.5. The Labute approximate surface area is 306 Å². The fourth-order valence-corrected chi connectivity index (χ4v) is 5.30. The summed E-state index contributed by atoms with van der Waals surface area (Å²) in [5.74, 6) is -1.39. The molecule has 12 nitrogen and oxygen atoms in total. The van der Waals surface area contributed by atoms with E-state index in [1.165, 1.54) is 12.1 Å². The van der Waals surface area contributed by atoms with Crippen LogP contribution in [0.1, 0.15) is 62.3 Å². The van der Waals surface area contributed by atoms with Crippen molar-refractivity contribution in [2.75, 3.05) is 24.1 Å². The number of hydrogen-bond donors (Lipinski definition) is 0. The first-order chi connectivity index (χ1) is 23.5. The predicted molar refractivity (Wildman–Crippen MR) is 196 cm³/mol. The molecule has 0 saturated carbocycles. The summed E-state index contributed by atoms with van der Waals surface area (Å²) in [6.07, 6.45) is 3.97. The van der Waals surface area contributed by atoms with Crippen LogP contribution in [-0.4, -0.2) is 80.0 Å². The van der Waals surface area contributed by atoms with Crippen LogP contribution in [0.25, 0.3) is 10.9 Å². The fourth-order valence-electron chi connectivity index (χ4n) is 5.30. The SMILES string of the molecule is C=CCI.C=CC[n+]1c2ccc(OCC(ON3C(=O)c4ccccc4C3=O)C(=O)OC(C)(C)C)cc2cn1CC1CN(C(=O)OC(C)(C)C)C1. The summed E-state index contributed by atoms with van der Waals surface area (Å²) in [5.41, 5.74) is -0.0501. The van der Waals surface area contributed by atoms with E-state index in [2.05, 4.69) is 45.1 Å². The molecule has 1 unspecified atom stereocenters. The number of hydrogen-bond acceptors (Lipinski definition) is 8. The van der Waals surface area contributed by atoms with Gasteiger partial charge in [0.2, 0.25) is 11.6 Å². The molecule has 13 heteroatoms. The molecule has 50 heavy (non-hydrogen) atoms. The molecule has 3 aromatic rings. The minimum absolute atomic E-state index is 0.193. The number of halogens is 1. The van der Waals surface area contributed by atoms with Crippen LogP contribution in [-0.2, 0) is 32.2 Å². The Kier molecular flexibility index (Phi) is 12.5. The Morgan fingerprint density at radius 3 is 2.10 bits per heavy atom. The lowest BCUT2D eigenvalue weighted by atomic mass is 10.0. The summed E-state index contributed by atoms with van der Waals surface area (Å²) in [4.78, 5) is 58.7. The molecule has 1 aromatic heterocycles. The van der Waals surface area contributed by atoms with Crippen molar-refractivity contribution in [1.82, 2.24) is 14.6 Å². The molecule has 0 N–H and O–H groups in total. The van der Waals surface area contributed by atoms with Crippen LogP contribution in [0, 0.1) is 5.92 Å². The summed E-state index contributed by atoms with van der Waals surface area (Å²) in [6.45, 7) is 20.2. The smallest absolute Gasteiger partial charge is 0.410 e. The van der Waals surface area contributed by atoms with Gasteiger partial charge in [-0.1, -0.05) is 47.4 Å². The number of rotatable bonds is 11. The van der Waals surface area contributed by atoms with E-state index in [4.69, 9.17) is 19.0 Å². The molecule has 3 heterocycles. The van der Waals surface area contributed by atoms with Crippen LogP contribution >= 0.6 is 22.6 Å². The molecule has 3 amide bonds. The zero-order valence-corrected chi connectivity index (χ0v) is 31.7. The second kappa shape index (κ2) is 16.2. The van der Waals surface area contributed by atoms with Crippen LogP contribution in [0.15, 0.2) is 74.0 Å². The normalized spacial score (nSPS) is 15.1. The lowest BCUT2D eigenvalue weighted by molar-refractivity contribution is -0.745. The highest BCUT2D eigenvalue weighted by atomic mass is 127. The second-order valence-electron chi connectivity index (χ2n) is 13.9. The number of ether oxygens (including phenoxy) is 3. The number of likely N-dealkylation sites (tertiary alicyclic amines) is 1. The van der Waals surface area contributed by atoms with Gasteiger partial charge in [-0.05, 0) is 71.9 Å². The summed E-state index contributed by atoms with van der Waals surface area (Å²) >= 11 is 2.23. The minimum Gasteiger partial charge on any atom is -0.490 e. The van der Waals surface area contributed by atoms with E-state index in [-0.39, 0.29) is 29.7 Å². The van der Waals surface area contributed by atoms with Gasteiger partial charge in [0.25, 0.3) is 11.8 Å². The maximum atomic E-state index is 13.1. The van der Waals surface area contributed by atoms with Crippen LogP contribution in [0.4, 0.5) is 4.79 Å². The van der Waals surface area contributed by atoms with Crippen molar-refractivity contribution in [2.24, 2.45) is 5.92 Å². The number of hydroxylamine groups is 2. The number of amides is 3. The van der Waals surface area contributed by atoms with Crippen molar-refractivity contribution in [1.29, 1.82) is 0 Å². The largest absolute Gasteiger partial charge is 0.490 e. The number of imide groups is 1. The quantitative estimate of drug-likeness (QED) is 0.0587. The Hall–Kier alpha value is -4.24. The van der Waals surface area contributed by atoms with Crippen molar-refractivity contribution in [3.05, 3.63) is 85.1 Å². The third kappa shape index (κ3) is 9.71. The molecule has 0 bridgehead atoms. The third-order valence-corrected chi connectivity index (χ3v) is 8.02. The Morgan fingerprint density at radius 1 is 0.960 bits per heavy atom. The highest BCUT2D eigenvalue weighted by molar-refractivity contribution is 14.1. The molecular weight excluding hydrogens is 755 g/mol. The number of fused-ring (bicyclic) bond motifs is 2. The molecule has 0 radical (unpaired) electrons. The molecule has 2 aliphatic heterocycles. The zero-order chi connectivity index (χ0) is 36.8. The van der Waals surface area contributed by atoms with Gasteiger partial charge in [-0.15, -0.1) is 16.3 Å². The summed E-state index contributed by atoms with van der Waals surface area (Å²) in [6, 6.07) is 11.9. The van der Waals surface area contributed by atoms with E-state index >= 15 is 0 Å². The molecule has 1 fully saturated rings. The molecular formula is C37H46IN4O8+. The summed E-state index contributed by atoms with van der Waals surface area (Å²) in [5, 5.41) is 1.48. The van der Waals surface area contributed by atoms with Gasteiger partial charge in [-0.2, -0.15) is 4.68 Å². The van der Waals surface area contributed by atoms with Crippen molar-refractivity contribution in [2.45, 2.75) is 71.9 Å². The van der Waals surface area contributed by atoms with Gasteiger partial charge in [0, 0.05) is 29.5 Å². The molecule has 1 saturated heterocycles. The van der Waals surface area contributed by atoms with E-state index in [1.807, 2.05) is 51.3 Å². The van der Waals surface area contributed by atoms with Crippen molar-refractivity contribution in [3.63, 3.8) is 0 Å². The van der Waals surface area contributed by atoms with Crippen LogP contribution < -0.4 is 9.42 Å². The Balaban J connectivity index is 0.00000133. The van der Waals surface area contributed by atoms with Gasteiger partial charge < -0.3 is 19.1 Å². The number of carbonyl (C=O) groups excluding carboxylic acids is 4. The maximum Gasteiger partial charge on any atom is 0.410 e. The van der Waals surface area contributed by atoms with E-state index in [0.717, 1.165) is 15.3 Å². The van der Waals surface area contributed by atoms with E-state index in [0.29, 0.717) is 37.0 Å². The number of alkyl halides is 1. The first kappa shape index (κ1) is 38.6. The van der Waals surface area contributed by atoms with E-state index < -0.39 is 35.1 Å². The third-order valence-electron chi connectivity index (χ3n) is 7.40. The van der Waals surface area contributed by atoms with Crippen LogP contribution in [0.5, 0.6) is 5.75 Å². The van der Waals surface area contributed by atoms with Gasteiger partial charge in [0.15, 0.2) is 6.54 Å². The van der Waals surface area contributed by atoms with Gasteiger partial charge in [-0.3, -0.25) is 9.59 Å². The summed E-state index contributed by atoms with van der Waals surface area (Å²) < 4.78 is 22.2. The molecule has 1 atom stereocenters. The fraction of sp³-hybridized carbons (Fsp3) is 0.432. The standard InChI is InChI=1S/C34H41N4O8.C3H5I/c1-8-15-37-27-14-13-24(16-23(27)20-36(37)19-22-17-35(18-22)32(42)45-34(5,6)7)43-21-28(31(41)44-33(2,3)4)46-38-29(39)25-11-9-10-12-26(25)30(38)40;1-2-3-4/h8-14,16,20,22,28H,1,15,17-19,21H2,2-7H3;2H,1,3H2/q+1;. The number of benzene rings is 2. The van der Waals surface area contributed by atoms with E-state index in [9.17, 15) is 19.2 Å². The highest BCUT2D eigenvalue weighted by Gasteiger charge is 2.41. The van der Waals surface area contributed by atoms with Gasteiger partial charge >= 0.3 is 12.1 Å². The average molecular weight is 802 g/mol. The number of aromatic nitrogens is 2. The predicted octanol–water partition coefficient (Wildman–Crippen LogP) is 5.91. The van der Waals surface area contributed by atoms with E-state index in [1.54, 1.807) is 43.9 Å². The number of allylic oxidation sites excluding steroid dienone is 2. The molecule has 2 aliphatic rings. The highest BCUT2D eigenvalue weighted by Crippen LogP contribution is 2.26. The monoisotopic (exact) mass is 801 g/mol. The maximum absolute atomic E-state index is 13.1. The first-order valence-corrected chi connectivity index (χ1v) is 17.9. The second-order valence-corrected chi connectivity index (χ2v) is 14.8. The first-order valence-electron chi connectivity index (χ1n) is 16.3. The molecule has 5 rings (SSSR count). The average Bonchev–Trinajstić information content (AvgIpc) is 3.48. The summed E-state index contributed by atoms with van der Waals surface area (Å²) in [7, 11) is 0. The number of esters is 1. The van der Waals surface area contributed by atoms with Crippen molar-refractivity contribution < 1.29 is 42.9 Å². The van der Waals surface area contributed by atoms with Crippen molar-refractivity contribution >= 4 is 57.4 Å². The minimum atomic E-state index is -1.40. The topological polar surface area (TPSA) is 120 Å². The molecule has 268 valence electrons. The van der Waals surface area contributed by atoms with Gasteiger partial charge in [0.1, 0.15) is 23.6 Å². The molecule has 0 aliphatic carbocycles. The Morgan fingerprint density at radius 2 is 1.56 bits per heavy atom. The van der Waals surface area contributed by atoms with Gasteiger partial charge in [0.05, 0.1) is 29.3 Å². The molecule has 0 spiro atoms. The van der Waals surface area contributed by atoms with Crippen LogP contribution in [0.2, 0.25) is 0 Å². The lowest BCUT2D eigenvalue weighted by Gasteiger charge is -2.39. The molecule has 2 aromatic carbocycles. The number of nitrogens with zero attached hydrogens (tertiary/aromatic N) is 4. The lowest BCUT2D eigenvalue weighted by Crippen LogP contribution is -2.55. The van der Waals surface area contributed by atoms with Crippen molar-refractivity contribution in [3.8, 4) is 5.75 Å². The van der Waals surface area contributed by atoms with Gasteiger partial charge in [-0.25, -0.2) is 14.4 Å². The Bertz CT molecular complexity index is 1710. The van der Waals surface area contributed by atoms with Crippen LogP contribution in [0.3, 0.4) is 0 Å². The number of carbonyl (C=O) groups is 4.